The number of hydrogen-bond acceptors (Lipinski definition) is 4. The van der Waals surface area contributed by atoms with Crippen LogP contribution < -0.4 is 10.6 Å². The van der Waals surface area contributed by atoms with Crippen LogP contribution in [-0.4, -0.2) is 62.7 Å². The van der Waals surface area contributed by atoms with Crippen molar-refractivity contribution in [1.29, 1.82) is 0 Å². The van der Waals surface area contributed by atoms with Crippen molar-refractivity contribution in [3.8, 4) is 0 Å². The molecule has 2 amide bonds. The van der Waals surface area contributed by atoms with Gasteiger partial charge in [-0.15, -0.1) is 12.4 Å². The fraction of sp³-hybridized carbons (Fsp3) is 0.875. The Morgan fingerprint density at radius 3 is 2.74 bits per heavy atom. The van der Waals surface area contributed by atoms with E-state index in [1.807, 2.05) is 4.90 Å². The summed E-state index contributed by atoms with van der Waals surface area (Å²) in [7, 11) is 0. The number of amides is 2. The van der Waals surface area contributed by atoms with Crippen molar-refractivity contribution in [2.24, 2.45) is 11.8 Å². The van der Waals surface area contributed by atoms with Crippen LogP contribution in [0.1, 0.15) is 32.6 Å². The largest absolute Gasteiger partial charge is 0.378 e. The van der Waals surface area contributed by atoms with Gasteiger partial charge < -0.3 is 20.3 Å². The standard InChI is InChI=1S/C16H29N3O3.ClH/c1-13(14-3-2-5-17-12-14)11-15(20)18-6-4-16(21)19-7-9-22-10-8-19;/h13-14,17H,2-12H2,1H3,(H,18,20);1H. The first-order valence-corrected chi connectivity index (χ1v) is 8.49. The van der Waals surface area contributed by atoms with Crippen LogP contribution in [0.3, 0.4) is 0 Å². The molecule has 2 N–H and O–H groups in total. The third kappa shape index (κ3) is 7.06. The molecule has 2 saturated heterocycles. The molecular formula is C16H30ClN3O3. The van der Waals surface area contributed by atoms with Gasteiger partial charge >= 0.3 is 0 Å². The topological polar surface area (TPSA) is 70.7 Å². The van der Waals surface area contributed by atoms with Crippen LogP contribution in [0.15, 0.2) is 0 Å². The first-order valence-electron chi connectivity index (χ1n) is 8.49. The molecule has 0 aromatic carbocycles. The molecule has 2 heterocycles. The summed E-state index contributed by atoms with van der Waals surface area (Å²) in [6.45, 7) is 7.26. The van der Waals surface area contributed by atoms with Crippen molar-refractivity contribution >= 4 is 24.2 Å². The van der Waals surface area contributed by atoms with E-state index in [0.29, 0.717) is 57.5 Å². The summed E-state index contributed by atoms with van der Waals surface area (Å²) >= 11 is 0. The molecule has 2 aliphatic heterocycles. The molecule has 0 radical (unpaired) electrons. The molecule has 0 aliphatic carbocycles. The molecule has 0 bridgehead atoms. The van der Waals surface area contributed by atoms with Crippen LogP contribution in [-0.2, 0) is 14.3 Å². The van der Waals surface area contributed by atoms with E-state index < -0.39 is 0 Å². The predicted molar refractivity (Wildman–Crippen MR) is 91.6 cm³/mol. The van der Waals surface area contributed by atoms with E-state index in [4.69, 9.17) is 4.74 Å². The fourth-order valence-corrected chi connectivity index (χ4v) is 3.18. The smallest absolute Gasteiger partial charge is 0.224 e. The number of nitrogens with zero attached hydrogens (tertiary/aromatic N) is 1. The summed E-state index contributed by atoms with van der Waals surface area (Å²) in [6, 6.07) is 0. The maximum Gasteiger partial charge on any atom is 0.224 e. The van der Waals surface area contributed by atoms with Gasteiger partial charge in [-0.2, -0.15) is 0 Å². The quantitative estimate of drug-likeness (QED) is 0.745. The number of carbonyl (C=O) groups is 2. The second-order valence-electron chi connectivity index (χ2n) is 6.38. The number of piperidine rings is 1. The monoisotopic (exact) mass is 347 g/mol. The molecule has 2 aliphatic rings. The first-order chi connectivity index (χ1) is 10.7. The molecule has 2 unspecified atom stereocenters. The number of carbonyl (C=O) groups excluding carboxylic acids is 2. The van der Waals surface area contributed by atoms with Crippen molar-refractivity contribution in [3.63, 3.8) is 0 Å². The van der Waals surface area contributed by atoms with Gasteiger partial charge in [0, 0.05) is 32.5 Å². The van der Waals surface area contributed by atoms with E-state index in [2.05, 4.69) is 17.6 Å². The second-order valence-corrected chi connectivity index (χ2v) is 6.38. The summed E-state index contributed by atoms with van der Waals surface area (Å²) in [6.07, 6.45) is 3.34. The molecule has 2 atom stereocenters. The third-order valence-corrected chi connectivity index (χ3v) is 4.67. The fourth-order valence-electron chi connectivity index (χ4n) is 3.18. The van der Waals surface area contributed by atoms with E-state index in [1.165, 1.54) is 12.8 Å². The lowest BCUT2D eigenvalue weighted by Crippen LogP contribution is -2.42. The highest BCUT2D eigenvalue weighted by Crippen LogP contribution is 2.22. The maximum absolute atomic E-state index is 12.0. The van der Waals surface area contributed by atoms with Crippen LogP contribution in [0.2, 0.25) is 0 Å². The molecule has 23 heavy (non-hydrogen) atoms. The van der Waals surface area contributed by atoms with Crippen molar-refractivity contribution < 1.29 is 14.3 Å². The summed E-state index contributed by atoms with van der Waals surface area (Å²) in [5, 5.41) is 6.28. The number of nitrogens with one attached hydrogen (secondary N) is 2. The SMILES string of the molecule is CC(CC(=O)NCCC(=O)N1CCOCC1)C1CCCNC1.Cl. The molecule has 0 spiro atoms. The number of ether oxygens (including phenoxy) is 1. The Balaban J connectivity index is 0.00000264. The van der Waals surface area contributed by atoms with Crippen LogP contribution in [0.4, 0.5) is 0 Å². The lowest BCUT2D eigenvalue weighted by molar-refractivity contribution is -0.135. The van der Waals surface area contributed by atoms with Crippen LogP contribution in [0.25, 0.3) is 0 Å². The Hall–Kier alpha value is -0.850. The third-order valence-electron chi connectivity index (χ3n) is 4.67. The minimum absolute atomic E-state index is 0. The van der Waals surface area contributed by atoms with Gasteiger partial charge in [-0.1, -0.05) is 6.92 Å². The van der Waals surface area contributed by atoms with E-state index in [-0.39, 0.29) is 24.2 Å². The first kappa shape index (κ1) is 20.2. The highest BCUT2D eigenvalue weighted by molar-refractivity contribution is 5.85. The van der Waals surface area contributed by atoms with Gasteiger partial charge in [-0.25, -0.2) is 0 Å². The molecule has 6 nitrogen and oxygen atoms in total. The van der Waals surface area contributed by atoms with Gasteiger partial charge in [0.2, 0.25) is 11.8 Å². The highest BCUT2D eigenvalue weighted by Gasteiger charge is 2.22. The summed E-state index contributed by atoms with van der Waals surface area (Å²) in [5.41, 5.74) is 0. The Labute approximate surface area is 145 Å². The van der Waals surface area contributed by atoms with Gasteiger partial charge in [0.15, 0.2) is 0 Å². The maximum atomic E-state index is 12.0. The summed E-state index contributed by atoms with van der Waals surface area (Å²) in [5.74, 6) is 1.15. The molecule has 2 fully saturated rings. The summed E-state index contributed by atoms with van der Waals surface area (Å²) < 4.78 is 5.23. The van der Waals surface area contributed by atoms with E-state index in [0.717, 1.165) is 13.1 Å². The zero-order valence-electron chi connectivity index (χ0n) is 14.0. The number of halogens is 1. The van der Waals surface area contributed by atoms with E-state index in [9.17, 15) is 9.59 Å². The van der Waals surface area contributed by atoms with Crippen molar-refractivity contribution in [3.05, 3.63) is 0 Å². The van der Waals surface area contributed by atoms with Crippen LogP contribution in [0.5, 0.6) is 0 Å². The average Bonchev–Trinajstić information content (AvgIpc) is 2.56. The number of morpholine rings is 1. The average molecular weight is 348 g/mol. The van der Waals surface area contributed by atoms with Gasteiger partial charge in [-0.05, 0) is 37.8 Å². The lowest BCUT2D eigenvalue weighted by atomic mass is 9.85. The molecule has 0 aromatic heterocycles. The van der Waals surface area contributed by atoms with Gasteiger partial charge in [-0.3, -0.25) is 9.59 Å². The zero-order chi connectivity index (χ0) is 15.8. The highest BCUT2D eigenvalue weighted by atomic mass is 35.5. The van der Waals surface area contributed by atoms with Crippen LogP contribution >= 0.6 is 12.4 Å². The van der Waals surface area contributed by atoms with Gasteiger partial charge in [0.25, 0.3) is 0 Å². The Morgan fingerprint density at radius 1 is 1.35 bits per heavy atom. The van der Waals surface area contributed by atoms with Crippen LogP contribution in [0, 0.1) is 11.8 Å². The van der Waals surface area contributed by atoms with Gasteiger partial charge in [0.05, 0.1) is 13.2 Å². The number of hydrogen-bond donors (Lipinski definition) is 2. The predicted octanol–water partition coefficient (Wildman–Crippen LogP) is 0.799. The molecule has 2 rings (SSSR count). The van der Waals surface area contributed by atoms with Crippen molar-refractivity contribution in [1.82, 2.24) is 15.5 Å². The minimum Gasteiger partial charge on any atom is -0.378 e. The number of rotatable bonds is 6. The Bertz CT molecular complexity index is 370. The lowest BCUT2D eigenvalue weighted by Gasteiger charge is -2.28. The van der Waals surface area contributed by atoms with E-state index >= 15 is 0 Å². The summed E-state index contributed by atoms with van der Waals surface area (Å²) in [4.78, 5) is 25.7. The zero-order valence-corrected chi connectivity index (χ0v) is 14.8. The molecule has 0 saturated carbocycles. The van der Waals surface area contributed by atoms with Crippen molar-refractivity contribution in [2.75, 3.05) is 45.9 Å². The normalized spacial score (nSPS) is 22.8. The van der Waals surface area contributed by atoms with E-state index in [1.54, 1.807) is 0 Å². The molecule has 0 aromatic rings. The molecule has 134 valence electrons. The van der Waals surface area contributed by atoms with Gasteiger partial charge in [0.1, 0.15) is 0 Å². The minimum atomic E-state index is 0. The second kappa shape index (κ2) is 10.8. The Morgan fingerprint density at radius 2 is 2.09 bits per heavy atom. The van der Waals surface area contributed by atoms with Crippen molar-refractivity contribution in [2.45, 2.75) is 32.6 Å². The molecule has 7 heteroatoms. The Kier molecular flexibility index (Phi) is 9.52. The molecular weight excluding hydrogens is 318 g/mol.